The minimum atomic E-state index is 0.488. The third-order valence-corrected chi connectivity index (χ3v) is 5.77. The lowest BCUT2D eigenvalue weighted by atomic mass is 9.70. The zero-order valence-corrected chi connectivity index (χ0v) is 10.1. The molecule has 0 aromatic heterocycles. The number of carbonyl (C=O) groups is 1. The summed E-state index contributed by atoms with van der Waals surface area (Å²) in [4.78, 5) is 11.9. The molecule has 3 saturated carbocycles. The first-order chi connectivity index (χ1) is 7.09. The van der Waals surface area contributed by atoms with Crippen molar-refractivity contribution in [2.45, 2.75) is 46.5 Å². The van der Waals surface area contributed by atoms with Gasteiger partial charge in [0.1, 0.15) is 5.78 Å². The minimum Gasteiger partial charge on any atom is -0.299 e. The van der Waals surface area contributed by atoms with Gasteiger partial charge in [-0.15, -0.1) is 0 Å². The Morgan fingerprint density at radius 3 is 2.73 bits per heavy atom. The largest absolute Gasteiger partial charge is 0.299 e. The molecule has 0 radical (unpaired) electrons. The molecule has 1 spiro atoms. The van der Waals surface area contributed by atoms with Crippen LogP contribution in [0.3, 0.4) is 0 Å². The summed E-state index contributed by atoms with van der Waals surface area (Å²) >= 11 is 0. The normalized spacial score (nSPS) is 52.9. The molecule has 15 heavy (non-hydrogen) atoms. The maximum Gasteiger partial charge on any atom is 0.136 e. The standard InChI is InChI=1S/C14H22O/c1-8(2)10-5-4-9(3)14-7-6-11(15)13(14)12(10)14/h8-10,12-13H,4-7H2,1-3H3/t9-,10+,12-,13-,14-/m1/s1. The summed E-state index contributed by atoms with van der Waals surface area (Å²) < 4.78 is 0. The van der Waals surface area contributed by atoms with E-state index in [2.05, 4.69) is 20.8 Å². The van der Waals surface area contributed by atoms with Crippen LogP contribution in [0.5, 0.6) is 0 Å². The van der Waals surface area contributed by atoms with Gasteiger partial charge in [0.05, 0.1) is 0 Å². The summed E-state index contributed by atoms with van der Waals surface area (Å²) in [6.07, 6.45) is 4.83. The molecule has 5 atom stereocenters. The lowest BCUT2D eigenvalue weighted by Crippen LogP contribution is -2.27. The van der Waals surface area contributed by atoms with Gasteiger partial charge in [0.25, 0.3) is 0 Å². The van der Waals surface area contributed by atoms with Gasteiger partial charge in [-0.25, -0.2) is 0 Å². The molecule has 0 amide bonds. The third-order valence-electron chi connectivity index (χ3n) is 5.77. The van der Waals surface area contributed by atoms with Crippen molar-refractivity contribution in [3.05, 3.63) is 0 Å². The molecular weight excluding hydrogens is 184 g/mol. The Morgan fingerprint density at radius 2 is 2.07 bits per heavy atom. The average Bonchev–Trinajstić information content (AvgIpc) is 2.75. The van der Waals surface area contributed by atoms with Crippen molar-refractivity contribution in [1.82, 2.24) is 0 Å². The maximum atomic E-state index is 11.9. The molecule has 1 heteroatoms. The van der Waals surface area contributed by atoms with Gasteiger partial charge in [0.15, 0.2) is 0 Å². The van der Waals surface area contributed by atoms with Crippen molar-refractivity contribution < 1.29 is 4.79 Å². The number of carbonyl (C=O) groups excluding carboxylic acids is 1. The second-order valence-corrected chi connectivity index (χ2v) is 6.47. The molecular formula is C14H22O. The van der Waals surface area contributed by atoms with Crippen LogP contribution in [0.1, 0.15) is 46.5 Å². The van der Waals surface area contributed by atoms with Crippen LogP contribution < -0.4 is 0 Å². The smallest absolute Gasteiger partial charge is 0.136 e. The Labute approximate surface area is 92.6 Å². The van der Waals surface area contributed by atoms with Crippen molar-refractivity contribution in [3.63, 3.8) is 0 Å². The first-order valence-corrected chi connectivity index (χ1v) is 6.61. The molecule has 0 aromatic rings. The fourth-order valence-electron chi connectivity index (χ4n) is 4.97. The number of ketones is 1. The molecule has 84 valence electrons. The predicted octanol–water partition coefficient (Wildman–Crippen LogP) is 3.28. The second kappa shape index (κ2) is 2.87. The van der Waals surface area contributed by atoms with Gasteiger partial charge in [-0.3, -0.25) is 4.79 Å². The van der Waals surface area contributed by atoms with Crippen LogP contribution in [0.4, 0.5) is 0 Å². The van der Waals surface area contributed by atoms with E-state index < -0.39 is 0 Å². The van der Waals surface area contributed by atoms with E-state index in [9.17, 15) is 4.79 Å². The summed E-state index contributed by atoms with van der Waals surface area (Å²) in [5.41, 5.74) is 0.490. The van der Waals surface area contributed by atoms with Gasteiger partial charge < -0.3 is 0 Å². The zero-order chi connectivity index (χ0) is 10.8. The van der Waals surface area contributed by atoms with E-state index in [-0.39, 0.29) is 0 Å². The van der Waals surface area contributed by atoms with E-state index in [1.54, 1.807) is 0 Å². The fraction of sp³-hybridized carbons (Fsp3) is 0.929. The van der Waals surface area contributed by atoms with Gasteiger partial charge in [0.2, 0.25) is 0 Å². The predicted molar refractivity (Wildman–Crippen MR) is 60.4 cm³/mol. The van der Waals surface area contributed by atoms with Gasteiger partial charge in [-0.1, -0.05) is 20.8 Å². The molecule has 0 bridgehead atoms. The van der Waals surface area contributed by atoms with E-state index in [4.69, 9.17) is 0 Å². The quantitative estimate of drug-likeness (QED) is 0.643. The van der Waals surface area contributed by atoms with Crippen LogP contribution in [0, 0.1) is 35.0 Å². The average molecular weight is 206 g/mol. The highest BCUT2D eigenvalue weighted by Crippen LogP contribution is 2.76. The minimum absolute atomic E-state index is 0.488. The molecule has 3 fully saturated rings. The number of fused-ring (bicyclic) bond motifs is 1. The zero-order valence-electron chi connectivity index (χ0n) is 10.1. The fourth-order valence-corrected chi connectivity index (χ4v) is 4.97. The van der Waals surface area contributed by atoms with Crippen LogP contribution in [-0.2, 0) is 4.79 Å². The Bertz CT molecular complexity index is 306. The molecule has 1 nitrogen and oxygen atoms in total. The molecule has 0 aliphatic heterocycles. The topological polar surface area (TPSA) is 17.1 Å². The summed E-state index contributed by atoms with van der Waals surface area (Å²) in [6, 6.07) is 0. The third kappa shape index (κ3) is 1.02. The first-order valence-electron chi connectivity index (χ1n) is 6.61. The van der Waals surface area contributed by atoms with E-state index in [0.29, 0.717) is 17.1 Å². The molecule has 0 unspecified atom stereocenters. The maximum absolute atomic E-state index is 11.9. The molecule has 0 saturated heterocycles. The number of rotatable bonds is 1. The van der Waals surface area contributed by atoms with Crippen LogP contribution in [0.25, 0.3) is 0 Å². The van der Waals surface area contributed by atoms with Crippen molar-refractivity contribution >= 4 is 5.78 Å². The molecule has 0 aromatic carbocycles. The first kappa shape index (κ1) is 9.86. The molecule has 0 heterocycles. The van der Waals surface area contributed by atoms with Gasteiger partial charge in [-0.05, 0) is 48.3 Å². The second-order valence-electron chi connectivity index (χ2n) is 6.47. The lowest BCUT2D eigenvalue weighted by molar-refractivity contribution is -0.119. The summed E-state index contributed by atoms with van der Waals surface area (Å²) in [6.45, 7) is 7.07. The van der Waals surface area contributed by atoms with E-state index >= 15 is 0 Å². The van der Waals surface area contributed by atoms with E-state index in [1.807, 2.05) is 0 Å². The highest BCUT2D eigenvalue weighted by atomic mass is 16.1. The van der Waals surface area contributed by atoms with Crippen molar-refractivity contribution in [2.24, 2.45) is 35.0 Å². The van der Waals surface area contributed by atoms with Gasteiger partial charge in [0, 0.05) is 12.3 Å². The van der Waals surface area contributed by atoms with Crippen LogP contribution in [-0.4, -0.2) is 5.78 Å². The van der Waals surface area contributed by atoms with E-state index in [1.165, 1.54) is 19.3 Å². The lowest BCUT2D eigenvalue weighted by Gasteiger charge is -2.35. The monoisotopic (exact) mass is 206 g/mol. The Kier molecular flexibility index (Phi) is 1.88. The summed E-state index contributed by atoms with van der Waals surface area (Å²) in [7, 11) is 0. The van der Waals surface area contributed by atoms with Gasteiger partial charge >= 0.3 is 0 Å². The number of hydrogen-bond acceptors (Lipinski definition) is 1. The Hall–Kier alpha value is -0.330. The SMILES string of the molecule is CC(C)[C@@H]1CC[C@@H](C)[C@@]23CCC(=O)[C@@H]2[C@@H]13. The van der Waals surface area contributed by atoms with Crippen LogP contribution >= 0.6 is 0 Å². The van der Waals surface area contributed by atoms with Crippen LogP contribution in [0.2, 0.25) is 0 Å². The highest BCUT2D eigenvalue weighted by Gasteiger charge is 2.75. The number of hydrogen-bond donors (Lipinski definition) is 0. The Balaban J connectivity index is 1.91. The molecule has 0 N–H and O–H groups in total. The summed E-state index contributed by atoms with van der Waals surface area (Å²) in [5, 5.41) is 0. The van der Waals surface area contributed by atoms with Crippen molar-refractivity contribution in [1.29, 1.82) is 0 Å². The molecule has 3 aliphatic carbocycles. The highest BCUT2D eigenvalue weighted by molar-refractivity contribution is 5.88. The van der Waals surface area contributed by atoms with Crippen molar-refractivity contribution in [2.75, 3.05) is 0 Å². The van der Waals surface area contributed by atoms with Crippen LogP contribution in [0.15, 0.2) is 0 Å². The summed E-state index contributed by atoms with van der Waals surface area (Å²) in [5.74, 6) is 4.30. The van der Waals surface area contributed by atoms with Gasteiger partial charge in [-0.2, -0.15) is 0 Å². The van der Waals surface area contributed by atoms with Crippen molar-refractivity contribution in [3.8, 4) is 0 Å². The van der Waals surface area contributed by atoms with E-state index in [0.717, 1.165) is 30.1 Å². The number of Topliss-reactive ketones (excluding diaryl/α,β-unsaturated/α-hetero) is 1. The molecule has 3 aliphatic rings. The Morgan fingerprint density at radius 1 is 1.33 bits per heavy atom. The molecule has 3 rings (SSSR count).